The van der Waals surface area contributed by atoms with Gasteiger partial charge in [0.15, 0.2) is 0 Å². The van der Waals surface area contributed by atoms with Crippen LogP contribution < -0.4 is 4.90 Å². The van der Waals surface area contributed by atoms with Crippen molar-refractivity contribution in [2.75, 3.05) is 18.0 Å². The zero-order chi connectivity index (χ0) is 18.3. The predicted molar refractivity (Wildman–Crippen MR) is 96.5 cm³/mol. The van der Waals surface area contributed by atoms with Gasteiger partial charge in [-0.2, -0.15) is 0 Å². The highest BCUT2D eigenvalue weighted by molar-refractivity contribution is 6.33. The van der Waals surface area contributed by atoms with Gasteiger partial charge in [0.2, 0.25) is 0 Å². The molecule has 26 heavy (non-hydrogen) atoms. The molecule has 1 aromatic heterocycles. The fourth-order valence-corrected chi connectivity index (χ4v) is 3.99. The van der Waals surface area contributed by atoms with E-state index in [2.05, 4.69) is 14.9 Å². The number of imidazole rings is 1. The summed E-state index contributed by atoms with van der Waals surface area (Å²) in [6.45, 7) is 2.11. The van der Waals surface area contributed by atoms with Crippen molar-refractivity contribution in [3.8, 4) is 0 Å². The lowest BCUT2D eigenvalue weighted by Crippen LogP contribution is -2.48. The molecule has 2 aliphatic heterocycles. The number of aromatic amines is 1. The number of carboxylic acid groups (broad SMARTS) is 1. The van der Waals surface area contributed by atoms with Crippen molar-refractivity contribution in [2.24, 2.45) is 0 Å². The van der Waals surface area contributed by atoms with Crippen LogP contribution >= 0.6 is 11.6 Å². The van der Waals surface area contributed by atoms with Crippen LogP contribution in [0, 0.1) is 0 Å². The van der Waals surface area contributed by atoms with Gasteiger partial charge >= 0.3 is 5.97 Å². The molecule has 8 heteroatoms. The number of benzene rings is 1. The molecular weight excluding hydrogens is 356 g/mol. The maximum atomic E-state index is 13.0. The van der Waals surface area contributed by atoms with Crippen molar-refractivity contribution in [3.63, 3.8) is 0 Å². The number of amides is 1. The Morgan fingerprint density at radius 2 is 2.04 bits per heavy atom. The minimum Gasteiger partial charge on any atom is -0.480 e. The molecule has 1 aromatic carbocycles. The molecule has 0 bridgehead atoms. The van der Waals surface area contributed by atoms with Crippen LogP contribution in [0.2, 0.25) is 5.02 Å². The van der Waals surface area contributed by atoms with Crippen molar-refractivity contribution in [2.45, 2.75) is 31.8 Å². The molecule has 4 rings (SSSR count). The van der Waals surface area contributed by atoms with Gasteiger partial charge in [0, 0.05) is 25.1 Å². The van der Waals surface area contributed by atoms with Gasteiger partial charge in [-0.15, -0.1) is 0 Å². The largest absolute Gasteiger partial charge is 0.480 e. The van der Waals surface area contributed by atoms with E-state index >= 15 is 0 Å². The molecule has 2 aliphatic rings. The molecule has 0 aliphatic carbocycles. The van der Waals surface area contributed by atoms with E-state index in [1.807, 2.05) is 6.07 Å². The molecule has 0 spiro atoms. The van der Waals surface area contributed by atoms with E-state index in [1.165, 1.54) is 11.2 Å². The number of carboxylic acids is 1. The van der Waals surface area contributed by atoms with Crippen LogP contribution in [0.25, 0.3) is 0 Å². The smallest absolute Gasteiger partial charge is 0.326 e. The van der Waals surface area contributed by atoms with Crippen LogP contribution in [0.15, 0.2) is 24.5 Å². The second kappa shape index (κ2) is 6.64. The van der Waals surface area contributed by atoms with Gasteiger partial charge in [0.1, 0.15) is 6.04 Å². The molecule has 1 saturated heterocycles. The number of hydrogen-bond acceptors (Lipinski definition) is 4. The summed E-state index contributed by atoms with van der Waals surface area (Å²) >= 11 is 6.41. The number of fused-ring (bicyclic) bond motifs is 1. The SMILES string of the molecule is O=C(O)[C@@H]1Cc2nc[nH]c2CN1C(=O)c1ccc(N2CCCC2)c(Cl)c1. The number of carbonyl (C=O) groups is 2. The quantitative estimate of drug-likeness (QED) is 0.860. The van der Waals surface area contributed by atoms with Gasteiger partial charge in [-0.1, -0.05) is 11.6 Å². The standard InChI is InChI=1S/C18H19ClN4O3/c19-12-7-11(3-4-15(12)22-5-1-2-6-22)17(24)23-9-14-13(20-10-21-14)8-16(23)18(25)26/h3-4,7,10,16H,1-2,5-6,8-9H2,(H,20,21)(H,25,26)/t16-/m0/s1. The third kappa shape index (κ3) is 2.92. The summed E-state index contributed by atoms with van der Waals surface area (Å²) in [7, 11) is 0. The Labute approximate surface area is 155 Å². The fourth-order valence-electron chi connectivity index (χ4n) is 3.69. The highest BCUT2D eigenvalue weighted by Gasteiger charge is 2.36. The summed E-state index contributed by atoms with van der Waals surface area (Å²) in [6.07, 6.45) is 3.99. The number of carbonyl (C=O) groups excluding carboxylic acids is 1. The Morgan fingerprint density at radius 3 is 2.73 bits per heavy atom. The van der Waals surface area contributed by atoms with Gasteiger partial charge in [-0.05, 0) is 31.0 Å². The number of anilines is 1. The lowest BCUT2D eigenvalue weighted by Gasteiger charge is -2.32. The van der Waals surface area contributed by atoms with E-state index in [9.17, 15) is 14.7 Å². The predicted octanol–water partition coefficient (Wildman–Crippen LogP) is 2.31. The summed E-state index contributed by atoms with van der Waals surface area (Å²) in [5, 5.41) is 10.1. The Bertz CT molecular complexity index is 860. The first kappa shape index (κ1) is 16.9. The van der Waals surface area contributed by atoms with Gasteiger partial charge in [-0.3, -0.25) is 4.79 Å². The average Bonchev–Trinajstić information content (AvgIpc) is 3.31. The summed E-state index contributed by atoms with van der Waals surface area (Å²) in [6, 6.07) is 4.28. The van der Waals surface area contributed by atoms with Crippen molar-refractivity contribution in [1.82, 2.24) is 14.9 Å². The minimum absolute atomic E-state index is 0.191. The molecule has 1 fully saturated rings. The lowest BCUT2D eigenvalue weighted by molar-refractivity contribution is -0.142. The third-order valence-electron chi connectivity index (χ3n) is 5.09. The first-order valence-electron chi connectivity index (χ1n) is 8.64. The molecule has 1 amide bonds. The number of nitrogens with one attached hydrogen (secondary N) is 1. The molecule has 0 saturated carbocycles. The minimum atomic E-state index is -1.04. The monoisotopic (exact) mass is 374 g/mol. The van der Waals surface area contributed by atoms with Crippen molar-refractivity contribution in [1.29, 1.82) is 0 Å². The number of nitrogens with zero attached hydrogens (tertiary/aromatic N) is 3. The van der Waals surface area contributed by atoms with Crippen molar-refractivity contribution < 1.29 is 14.7 Å². The van der Waals surface area contributed by atoms with E-state index in [0.717, 1.165) is 37.3 Å². The van der Waals surface area contributed by atoms with E-state index in [4.69, 9.17) is 11.6 Å². The van der Waals surface area contributed by atoms with Crippen molar-refractivity contribution in [3.05, 3.63) is 46.5 Å². The molecular formula is C18H19ClN4O3. The topological polar surface area (TPSA) is 89.5 Å². The zero-order valence-electron chi connectivity index (χ0n) is 14.1. The molecule has 0 radical (unpaired) electrons. The third-order valence-corrected chi connectivity index (χ3v) is 5.39. The van der Waals surface area contributed by atoms with Crippen LogP contribution in [0.3, 0.4) is 0 Å². The average molecular weight is 375 g/mol. The normalized spacial score (nSPS) is 19.5. The number of H-pyrrole nitrogens is 1. The second-order valence-corrected chi connectivity index (χ2v) is 7.09. The molecule has 0 unspecified atom stereocenters. The molecule has 136 valence electrons. The number of hydrogen-bond donors (Lipinski definition) is 2. The molecule has 2 aromatic rings. The Balaban J connectivity index is 1.62. The van der Waals surface area contributed by atoms with Crippen LogP contribution in [0.1, 0.15) is 34.6 Å². The van der Waals surface area contributed by atoms with Crippen LogP contribution in [0.5, 0.6) is 0 Å². The number of halogens is 1. The van der Waals surface area contributed by atoms with E-state index in [-0.39, 0.29) is 18.9 Å². The Hall–Kier alpha value is -2.54. The first-order chi connectivity index (χ1) is 12.5. The van der Waals surface area contributed by atoms with E-state index in [1.54, 1.807) is 12.1 Å². The summed E-state index contributed by atoms with van der Waals surface area (Å²) in [4.78, 5) is 35.3. The lowest BCUT2D eigenvalue weighted by atomic mass is 10.0. The van der Waals surface area contributed by atoms with Crippen LogP contribution in [-0.4, -0.2) is 51.0 Å². The van der Waals surface area contributed by atoms with Gasteiger partial charge < -0.3 is 19.9 Å². The molecule has 3 heterocycles. The molecule has 1 atom stereocenters. The summed E-state index contributed by atoms with van der Waals surface area (Å²) in [5.41, 5.74) is 2.79. The van der Waals surface area contributed by atoms with Gasteiger partial charge in [-0.25, -0.2) is 9.78 Å². The first-order valence-corrected chi connectivity index (χ1v) is 9.02. The maximum Gasteiger partial charge on any atom is 0.326 e. The highest BCUT2D eigenvalue weighted by atomic mass is 35.5. The number of aliphatic carboxylic acids is 1. The number of rotatable bonds is 3. The van der Waals surface area contributed by atoms with Gasteiger partial charge in [0.25, 0.3) is 5.91 Å². The Kier molecular flexibility index (Phi) is 4.32. The van der Waals surface area contributed by atoms with E-state index in [0.29, 0.717) is 16.3 Å². The second-order valence-electron chi connectivity index (χ2n) is 6.68. The van der Waals surface area contributed by atoms with Crippen LogP contribution in [0.4, 0.5) is 5.69 Å². The summed E-state index contributed by atoms with van der Waals surface area (Å²) < 4.78 is 0. The maximum absolute atomic E-state index is 13.0. The Morgan fingerprint density at radius 1 is 1.27 bits per heavy atom. The highest BCUT2D eigenvalue weighted by Crippen LogP contribution is 2.31. The van der Waals surface area contributed by atoms with Crippen LogP contribution in [-0.2, 0) is 17.8 Å². The van der Waals surface area contributed by atoms with Gasteiger partial charge in [0.05, 0.1) is 35.0 Å². The zero-order valence-corrected chi connectivity index (χ0v) is 14.9. The summed E-state index contributed by atoms with van der Waals surface area (Å²) in [5.74, 6) is -1.38. The number of aromatic nitrogens is 2. The molecule has 7 nitrogen and oxygen atoms in total. The van der Waals surface area contributed by atoms with E-state index < -0.39 is 12.0 Å². The molecule has 2 N–H and O–H groups in total. The van der Waals surface area contributed by atoms with Crippen molar-refractivity contribution >= 4 is 29.2 Å². The fraction of sp³-hybridized carbons (Fsp3) is 0.389.